The second kappa shape index (κ2) is 5.30. The fourth-order valence-corrected chi connectivity index (χ4v) is 3.07. The minimum Gasteiger partial charge on any atom is -0.399 e. The molecule has 0 saturated carbocycles. The maximum Gasteiger partial charge on any atom is 0.250 e. The lowest BCUT2D eigenvalue weighted by Crippen LogP contribution is -2.12. The lowest BCUT2D eigenvalue weighted by atomic mass is 10.1. The number of nitrogens with one attached hydrogen (secondary N) is 1. The standard InChI is InChI=1S/C16H16ClN3O/c17-14-8-11(3-5-13(14)16(19)21)20-15-6-1-9-7-10(18)2-4-12(9)15/h2-5,7-8,15,20H,1,6,18H2,(H2,19,21). The fourth-order valence-electron chi connectivity index (χ4n) is 2.79. The highest BCUT2D eigenvalue weighted by Gasteiger charge is 2.22. The van der Waals surface area contributed by atoms with Crippen LogP contribution in [0.3, 0.4) is 0 Å². The average Bonchev–Trinajstić information content (AvgIpc) is 2.80. The van der Waals surface area contributed by atoms with Crippen LogP contribution in [0.25, 0.3) is 0 Å². The molecule has 1 aliphatic rings. The lowest BCUT2D eigenvalue weighted by Gasteiger charge is -2.16. The Morgan fingerprint density at radius 3 is 2.76 bits per heavy atom. The summed E-state index contributed by atoms with van der Waals surface area (Å²) in [6, 6.07) is 11.4. The van der Waals surface area contributed by atoms with Crippen molar-refractivity contribution in [2.45, 2.75) is 18.9 Å². The summed E-state index contributed by atoms with van der Waals surface area (Å²) >= 11 is 6.07. The Labute approximate surface area is 128 Å². The number of benzene rings is 2. The maximum absolute atomic E-state index is 11.2. The average molecular weight is 302 g/mol. The molecule has 5 N–H and O–H groups in total. The molecule has 5 heteroatoms. The van der Waals surface area contributed by atoms with Gasteiger partial charge in [-0.05, 0) is 54.3 Å². The highest BCUT2D eigenvalue weighted by Crippen LogP contribution is 2.35. The van der Waals surface area contributed by atoms with Crippen molar-refractivity contribution in [3.8, 4) is 0 Å². The molecule has 1 aliphatic carbocycles. The first-order chi connectivity index (χ1) is 10.0. The molecular formula is C16H16ClN3O. The predicted molar refractivity (Wildman–Crippen MR) is 85.5 cm³/mol. The zero-order valence-corrected chi connectivity index (χ0v) is 12.2. The van der Waals surface area contributed by atoms with Crippen LogP contribution < -0.4 is 16.8 Å². The summed E-state index contributed by atoms with van der Waals surface area (Å²) in [5.74, 6) is -0.520. The molecule has 108 valence electrons. The Kier molecular flexibility index (Phi) is 3.47. The van der Waals surface area contributed by atoms with E-state index < -0.39 is 5.91 Å². The van der Waals surface area contributed by atoms with E-state index in [1.807, 2.05) is 18.2 Å². The number of fused-ring (bicyclic) bond motifs is 1. The van der Waals surface area contributed by atoms with Gasteiger partial charge in [-0.15, -0.1) is 0 Å². The van der Waals surface area contributed by atoms with Crippen LogP contribution in [-0.2, 0) is 6.42 Å². The van der Waals surface area contributed by atoms with Gasteiger partial charge in [0.2, 0.25) is 5.91 Å². The van der Waals surface area contributed by atoms with Gasteiger partial charge >= 0.3 is 0 Å². The molecule has 2 aromatic carbocycles. The Morgan fingerprint density at radius 2 is 2.05 bits per heavy atom. The molecule has 21 heavy (non-hydrogen) atoms. The van der Waals surface area contributed by atoms with Gasteiger partial charge in [-0.2, -0.15) is 0 Å². The van der Waals surface area contributed by atoms with Crippen molar-refractivity contribution in [2.75, 3.05) is 11.1 Å². The molecule has 0 fully saturated rings. The van der Waals surface area contributed by atoms with E-state index in [2.05, 4.69) is 11.4 Å². The van der Waals surface area contributed by atoms with Crippen LogP contribution >= 0.6 is 11.6 Å². The van der Waals surface area contributed by atoms with Crippen LogP contribution in [0.5, 0.6) is 0 Å². The molecule has 3 rings (SSSR count). The number of carbonyl (C=O) groups is 1. The van der Waals surface area contributed by atoms with Crippen molar-refractivity contribution >= 4 is 28.9 Å². The van der Waals surface area contributed by atoms with Gasteiger partial charge < -0.3 is 16.8 Å². The van der Waals surface area contributed by atoms with Crippen molar-refractivity contribution in [1.82, 2.24) is 0 Å². The highest BCUT2D eigenvalue weighted by atomic mass is 35.5. The molecule has 0 heterocycles. The number of nitrogens with two attached hydrogens (primary N) is 2. The van der Waals surface area contributed by atoms with Crippen LogP contribution in [-0.4, -0.2) is 5.91 Å². The van der Waals surface area contributed by atoms with Gasteiger partial charge in [-0.25, -0.2) is 0 Å². The topological polar surface area (TPSA) is 81.1 Å². The minimum atomic E-state index is -0.520. The normalized spacial score (nSPS) is 16.5. The number of halogens is 1. The van der Waals surface area contributed by atoms with Crippen LogP contribution in [0.2, 0.25) is 5.02 Å². The number of hydrogen-bond acceptors (Lipinski definition) is 3. The quantitative estimate of drug-likeness (QED) is 0.762. The third kappa shape index (κ3) is 2.67. The summed E-state index contributed by atoms with van der Waals surface area (Å²) in [5.41, 5.74) is 15.6. The molecule has 0 aromatic heterocycles. The highest BCUT2D eigenvalue weighted by molar-refractivity contribution is 6.34. The number of nitrogen functional groups attached to an aromatic ring is 1. The summed E-state index contributed by atoms with van der Waals surface area (Å²) in [5, 5.41) is 3.81. The molecule has 0 spiro atoms. The van der Waals surface area contributed by atoms with E-state index >= 15 is 0 Å². The maximum atomic E-state index is 11.2. The first kappa shape index (κ1) is 13.8. The van der Waals surface area contributed by atoms with Crippen LogP contribution in [0.4, 0.5) is 11.4 Å². The molecule has 1 atom stereocenters. The number of anilines is 2. The van der Waals surface area contributed by atoms with E-state index in [0.29, 0.717) is 10.6 Å². The van der Waals surface area contributed by atoms with Crippen LogP contribution in [0.1, 0.15) is 33.9 Å². The number of rotatable bonds is 3. The summed E-state index contributed by atoms with van der Waals surface area (Å²) in [6.07, 6.45) is 2.01. The fraction of sp³-hybridized carbons (Fsp3) is 0.188. The molecule has 1 amide bonds. The van der Waals surface area contributed by atoms with Crippen LogP contribution in [0, 0.1) is 0 Å². The molecule has 0 bridgehead atoms. The Balaban J connectivity index is 1.83. The van der Waals surface area contributed by atoms with Gasteiger partial charge in [0.05, 0.1) is 16.6 Å². The van der Waals surface area contributed by atoms with Gasteiger partial charge in [0.1, 0.15) is 0 Å². The Hall–Kier alpha value is -2.20. The number of hydrogen-bond donors (Lipinski definition) is 3. The zero-order valence-electron chi connectivity index (χ0n) is 11.4. The van der Waals surface area contributed by atoms with Crippen molar-refractivity contribution in [2.24, 2.45) is 5.73 Å². The summed E-state index contributed by atoms with van der Waals surface area (Å²) in [6.45, 7) is 0. The van der Waals surface area contributed by atoms with E-state index in [0.717, 1.165) is 24.2 Å². The molecule has 4 nitrogen and oxygen atoms in total. The van der Waals surface area contributed by atoms with Crippen LogP contribution in [0.15, 0.2) is 36.4 Å². The first-order valence-electron chi connectivity index (χ1n) is 6.79. The number of primary amides is 1. The van der Waals surface area contributed by atoms with E-state index in [4.69, 9.17) is 23.1 Å². The molecule has 0 radical (unpaired) electrons. The second-order valence-electron chi connectivity index (χ2n) is 5.25. The van der Waals surface area contributed by atoms with Crippen molar-refractivity contribution < 1.29 is 4.79 Å². The second-order valence-corrected chi connectivity index (χ2v) is 5.66. The van der Waals surface area contributed by atoms with Crippen molar-refractivity contribution in [1.29, 1.82) is 0 Å². The SMILES string of the molecule is NC(=O)c1ccc(NC2CCc3cc(N)ccc32)cc1Cl. The van der Waals surface area contributed by atoms with E-state index in [1.54, 1.807) is 12.1 Å². The largest absolute Gasteiger partial charge is 0.399 e. The number of carbonyl (C=O) groups excluding carboxylic acids is 1. The first-order valence-corrected chi connectivity index (χ1v) is 7.16. The van der Waals surface area contributed by atoms with Gasteiger partial charge in [0.15, 0.2) is 0 Å². The van der Waals surface area contributed by atoms with Crippen molar-refractivity contribution in [3.63, 3.8) is 0 Å². The number of aryl methyl sites for hydroxylation is 1. The summed E-state index contributed by atoms with van der Waals surface area (Å²) in [4.78, 5) is 11.2. The minimum absolute atomic E-state index is 0.232. The van der Waals surface area contributed by atoms with E-state index in [9.17, 15) is 4.79 Å². The zero-order chi connectivity index (χ0) is 15.0. The van der Waals surface area contributed by atoms with Gasteiger partial charge in [0.25, 0.3) is 0 Å². The molecular weight excluding hydrogens is 286 g/mol. The monoisotopic (exact) mass is 301 g/mol. The van der Waals surface area contributed by atoms with E-state index in [-0.39, 0.29) is 6.04 Å². The Bertz CT molecular complexity index is 715. The van der Waals surface area contributed by atoms with Gasteiger partial charge in [-0.1, -0.05) is 17.7 Å². The predicted octanol–water partition coefficient (Wildman–Crippen LogP) is 3.12. The van der Waals surface area contributed by atoms with Crippen molar-refractivity contribution in [3.05, 3.63) is 58.1 Å². The third-order valence-corrected chi connectivity index (χ3v) is 4.13. The summed E-state index contributed by atoms with van der Waals surface area (Å²) in [7, 11) is 0. The third-order valence-electron chi connectivity index (χ3n) is 3.82. The smallest absolute Gasteiger partial charge is 0.250 e. The molecule has 0 aliphatic heterocycles. The summed E-state index contributed by atoms with van der Waals surface area (Å²) < 4.78 is 0. The Morgan fingerprint density at radius 1 is 1.24 bits per heavy atom. The van der Waals surface area contributed by atoms with Gasteiger partial charge in [-0.3, -0.25) is 4.79 Å². The van der Waals surface area contributed by atoms with E-state index in [1.165, 1.54) is 11.1 Å². The van der Waals surface area contributed by atoms with Gasteiger partial charge in [0, 0.05) is 11.4 Å². The number of amides is 1. The molecule has 2 aromatic rings. The lowest BCUT2D eigenvalue weighted by molar-refractivity contribution is 0.100. The molecule has 0 saturated heterocycles. The molecule has 1 unspecified atom stereocenters.